The topological polar surface area (TPSA) is 72.8 Å². The maximum Gasteiger partial charge on any atom is 0.260 e. The summed E-state index contributed by atoms with van der Waals surface area (Å²) in [6, 6.07) is 20.0. The number of nitrogens with zero attached hydrogens (tertiary/aromatic N) is 2. The molecule has 1 aromatic heterocycles. The number of carbonyl (C=O) groups is 2. The third-order valence-corrected chi connectivity index (χ3v) is 8.09. The molecule has 3 aromatic rings. The van der Waals surface area contributed by atoms with Crippen LogP contribution in [0.25, 0.3) is 5.69 Å². The zero-order valence-electron chi connectivity index (χ0n) is 22.6. The molecule has 1 fully saturated rings. The van der Waals surface area contributed by atoms with Gasteiger partial charge < -0.3 is 24.3 Å². The van der Waals surface area contributed by atoms with Crippen molar-refractivity contribution in [2.24, 2.45) is 5.41 Å². The fourth-order valence-corrected chi connectivity index (χ4v) is 5.68. The zero-order chi connectivity index (χ0) is 26.9. The summed E-state index contributed by atoms with van der Waals surface area (Å²) in [5.41, 5.74) is 1.90. The minimum Gasteiger partial charge on any atom is -0.493 e. The maximum atomic E-state index is 13.4. The monoisotopic (exact) mass is 529 g/mol. The molecule has 2 aliphatic rings. The summed E-state index contributed by atoms with van der Waals surface area (Å²) in [7, 11) is 0. The van der Waals surface area contributed by atoms with Crippen molar-refractivity contribution in [1.29, 1.82) is 0 Å². The van der Waals surface area contributed by atoms with Crippen LogP contribution in [0.2, 0.25) is 0 Å². The van der Waals surface area contributed by atoms with E-state index < -0.39 is 5.41 Å². The van der Waals surface area contributed by atoms with Crippen LogP contribution in [0.4, 0.5) is 0 Å². The zero-order valence-corrected chi connectivity index (χ0v) is 22.6. The van der Waals surface area contributed by atoms with E-state index in [9.17, 15) is 9.59 Å². The van der Waals surface area contributed by atoms with Crippen LogP contribution in [0, 0.1) is 5.41 Å². The van der Waals surface area contributed by atoms with Gasteiger partial charge in [0.1, 0.15) is 11.5 Å². The molecule has 7 heteroatoms. The average Bonchev–Trinajstić information content (AvgIpc) is 3.51. The Morgan fingerprint density at radius 2 is 1.67 bits per heavy atom. The van der Waals surface area contributed by atoms with Crippen molar-refractivity contribution in [2.75, 3.05) is 32.8 Å². The van der Waals surface area contributed by atoms with Gasteiger partial charge in [-0.25, -0.2) is 0 Å². The summed E-state index contributed by atoms with van der Waals surface area (Å²) in [6.45, 7) is 2.35. The van der Waals surface area contributed by atoms with Crippen LogP contribution >= 0.6 is 0 Å². The molecule has 3 heterocycles. The van der Waals surface area contributed by atoms with E-state index in [0.29, 0.717) is 44.8 Å². The highest BCUT2D eigenvalue weighted by atomic mass is 16.5. The Morgan fingerprint density at radius 1 is 0.897 bits per heavy atom. The number of benzene rings is 2. The smallest absolute Gasteiger partial charge is 0.260 e. The van der Waals surface area contributed by atoms with E-state index in [1.165, 1.54) is 5.56 Å². The Bertz CT molecular complexity index is 1210. The van der Waals surface area contributed by atoms with Gasteiger partial charge in [-0.05, 0) is 86.6 Å². The van der Waals surface area contributed by atoms with Crippen molar-refractivity contribution in [2.45, 2.75) is 51.4 Å². The van der Waals surface area contributed by atoms with Gasteiger partial charge >= 0.3 is 0 Å². The van der Waals surface area contributed by atoms with E-state index >= 15 is 0 Å². The molecule has 2 aliphatic heterocycles. The number of rotatable bonds is 4. The Hall–Kier alpha value is -3.74. The molecule has 2 aromatic carbocycles. The number of likely N-dealkylation sites (tertiary alicyclic amines) is 1. The maximum absolute atomic E-state index is 13.4. The molecular weight excluding hydrogens is 490 g/mol. The fourth-order valence-electron chi connectivity index (χ4n) is 5.68. The minimum absolute atomic E-state index is 0.00351. The van der Waals surface area contributed by atoms with Gasteiger partial charge in [0.25, 0.3) is 5.91 Å². The van der Waals surface area contributed by atoms with Gasteiger partial charge in [-0.2, -0.15) is 0 Å². The molecule has 0 bridgehead atoms. The highest BCUT2D eigenvalue weighted by molar-refractivity contribution is 5.83. The van der Waals surface area contributed by atoms with Crippen LogP contribution in [-0.2, 0) is 16.0 Å². The molecule has 39 heavy (non-hydrogen) atoms. The largest absolute Gasteiger partial charge is 0.493 e. The van der Waals surface area contributed by atoms with E-state index in [1.807, 2.05) is 70.4 Å². The van der Waals surface area contributed by atoms with E-state index in [2.05, 4.69) is 17.4 Å². The van der Waals surface area contributed by atoms with Gasteiger partial charge in [-0.1, -0.05) is 31.0 Å². The third-order valence-electron chi connectivity index (χ3n) is 8.09. The van der Waals surface area contributed by atoms with Crippen molar-refractivity contribution in [3.05, 3.63) is 78.6 Å². The predicted molar refractivity (Wildman–Crippen MR) is 151 cm³/mol. The third kappa shape index (κ3) is 6.83. The van der Waals surface area contributed by atoms with E-state index in [0.717, 1.165) is 50.0 Å². The van der Waals surface area contributed by atoms with Gasteiger partial charge in [-0.3, -0.25) is 9.59 Å². The lowest BCUT2D eigenvalue weighted by molar-refractivity contribution is -0.142. The molecule has 0 saturated carbocycles. The summed E-state index contributed by atoms with van der Waals surface area (Å²) in [6.07, 6.45) is 11.1. The highest BCUT2D eigenvalue weighted by Gasteiger charge is 2.41. The van der Waals surface area contributed by atoms with Crippen molar-refractivity contribution >= 4 is 11.8 Å². The van der Waals surface area contributed by atoms with Crippen molar-refractivity contribution < 1.29 is 19.1 Å². The van der Waals surface area contributed by atoms with Crippen LogP contribution in [0.3, 0.4) is 0 Å². The lowest BCUT2D eigenvalue weighted by Crippen LogP contribution is -2.51. The van der Waals surface area contributed by atoms with Crippen LogP contribution in [-0.4, -0.2) is 54.1 Å². The molecule has 5 rings (SSSR count). The quantitative estimate of drug-likeness (QED) is 0.506. The number of hydrogen-bond acceptors (Lipinski definition) is 4. The van der Waals surface area contributed by atoms with Crippen LogP contribution in [0.1, 0.15) is 50.5 Å². The second-order valence-electron chi connectivity index (χ2n) is 10.7. The Morgan fingerprint density at radius 3 is 2.46 bits per heavy atom. The number of nitrogens with one attached hydrogen (secondary N) is 1. The number of amides is 2. The summed E-state index contributed by atoms with van der Waals surface area (Å²) < 4.78 is 13.8. The van der Waals surface area contributed by atoms with E-state index in [4.69, 9.17) is 9.47 Å². The molecule has 0 unspecified atom stereocenters. The first-order valence-electron chi connectivity index (χ1n) is 14.3. The van der Waals surface area contributed by atoms with Crippen molar-refractivity contribution in [1.82, 2.24) is 14.8 Å². The minimum atomic E-state index is -0.408. The molecule has 2 amide bonds. The van der Waals surface area contributed by atoms with Gasteiger partial charge in [0.05, 0.1) is 12.0 Å². The lowest BCUT2D eigenvalue weighted by Gasteiger charge is -2.41. The molecule has 1 saturated heterocycles. The molecule has 7 nitrogen and oxygen atoms in total. The Kier molecular flexibility index (Phi) is 8.86. The first-order valence-corrected chi connectivity index (χ1v) is 14.3. The summed E-state index contributed by atoms with van der Waals surface area (Å²) >= 11 is 0. The van der Waals surface area contributed by atoms with Gasteiger partial charge in [0.15, 0.2) is 6.61 Å². The molecule has 0 radical (unpaired) electrons. The average molecular weight is 530 g/mol. The molecule has 0 aliphatic carbocycles. The number of piperidine rings is 1. The highest BCUT2D eigenvalue weighted by Crippen LogP contribution is 2.37. The number of para-hydroxylation sites is 1. The summed E-state index contributed by atoms with van der Waals surface area (Å²) in [4.78, 5) is 28.2. The van der Waals surface area contributed by atoms with Crippen LogP contribution < -0.4 is 14.8 Å². The van der Waals surface area contributed by atoms with Gasteiger partial charge in [0.2, 0.25) is 5.91 Å². The fraction of sp³-hybridized carbons (Fsp3) is 0.438. The predicted octanol–water partition coefficient (Wildman–Crippen LogP) is 5.17. The number of hydrogen-bond donors (Lipinski definition) is 1. The molecular formula is C32H39N3O4. The van der Waals surface area contributed by atoms with Crippen LogP contribution in [0.15, 0.2) is 73.1 Å². The lowest BCUT2D eigenvalue weighted by atomic mass is 9.73. The van der Waals surface area contributed by atoms with Crippen molar-refractivity contribution in [3.8, 4) is 17.2 Å². The normalized spacial score (nSPS) is 18.4. The standard InChI is InChI=1S/C32H39N3O4/c36-30(25-39-28-14-12-27(13-15-28)34-20-6-7-21-34)35-22-17-32(18-23-35)16-5-1-2-9-26-10-3-4-11-29(26)38-24-8-19-33-31(32)37/h3-4,6-7,10-15,20-21H,1-2,5,8-9,16-19,22-25H2,(H,33,37). The summed E-state index contributed by atoms with van der Waals surface area (Å²) in [5.74, 6) is 1.74. The first-order chi connectivity index (χ1) is 19.1. The molecule has 1 N–H and O–H groups in total. The number of ether oxygens (including phenoxy) is 2. The number of fused-ring (bicyclic) bond motifs is 1. The molecule has 1 spiro atoms. The van der Waals surface area contributed by atoms with E-state index in [1.54, 1.807) is 0 Å². The Labute approximate surface area is 231 Å². The van der Waals surface area contributed by atoms with Gasteiger partial charge in [-0.15, -0.1) is 0 Å². The van der Waals surface area contributed by atoms with Gasteiger partial charge in [0, 0.05) is 37.7 Å². The second kappa shape index (κ2) is 12.9. The molecule has 206 valence electrons. The van der Waals surface area contributed by atoms with E-state index in [-0.39, 0.29) is 18.4 Å². The summed E-state index contributed by atoms with van der Waals surface area (Å²) in [5, 5.41) is 3.18. The van der Waals surface area contributed by atoms with Crippen LogP contribution in [0.5, 0.6) is 11.5 Å². The van der Waals surface area contributed by atoms with Crippen molar-refractivity contribution in [3.63, 3.8) is 0 Å². The number of carbonyl (C=O) groups excluding carboxylic acids is 2. The molecule has 0 atom stereocenters. The second-order valence-corrected chi connectivity index (χ2v) is 10.7. The SMILES string of the molecule is O=C(COc1ccc(-n2cccc2)cc1)N1CCC2(CCCCCc3ccccc3OCCCNC2=O)CC1. The Balaban J connectivity index is 1.13. The number of aromatic nitrogens is 1. The number of aryl methyl sites for hydroxylation is 1. The first kappa shape index (κ1) is 26.9.